The number of hydrogen-bond acceptors (Lipinski definition) is 5. The zero-order chi connectivity index (χ0) is 18.1. The van der Waals surface area contributed by atoms with Gasteiger partial charge in [0, 0.05) is 23.4 Å². The van der Waals surface area contributed by atoms with Gasteiger partial charge in [0.15, 0.2) is 0 Å². The fraction of sp³-hybridized carbons (Fsp3) is 0.417. The second-order valence-corrected chi connectivity index (χ2v) is 9.65. The van der Waals surface area contributed by atoms with Crippen LogP contribution in [0.1, 0.15) is 11.1 Å². The number of Topliss-reactive ketones (excluding diaryl/α,β-unsaturated/α-hetero) is 1. The van der Waals surface area contributed by atoms with E-state index in [4.69, 9.17) is 10.7 Å². The lowest BCUT2D eigenvalue weighted by Gasteiger charge is -2.10. The van der Waals surface area contributed by atoms with E-state index in [0.717, 1.165) is 24.5 Å². The molecule has 0 unspecified atom stereocenters. The summed E-state index contributed by atoms with van der Waals surface area (Å²) in [5.74, 6) is -2.41. The maximum atomic E-state index is 12.3. The van der Waals surface area contributed by atoms with Crippen molar-refractivity contribution in [3.05, 3.63) is 29.3 Å². The summed E-state index contributed by atoms with van der Waals surface area (Å²) >= 11 is 0. The van der Waals surface area contributed by atoms with Gasteiger partial charge in [0.1, 0.15) is 9.84 Å². The van der Waals surface area contributed by atoms with Crippen LogP contribution in [0, 0.1) is 0 Å². The minimum Gasteiger partial charge on any atom is -0.289 e. The van der Waals surface area contributed by atoms with Crippen LogP contribution in [-0.2, 0) is 36.5 Å². The van der Waals surface area contributed by atoms with Crippen LogP contribution in [0.5, 0.6) is 0 Å². The van der Waals surface area contributed by atoms with E-state index in [9.17, 15) is 34.8 Å². The lowest BCUT2D eigenvalue weighted by Crippen LogP contribution is -2.24. The van der Waals surface area contributed by atoms with E-state index in [0.29, 0.717) is 0 Å². The largest absolute Gasteiger partial charge is 0.450 e. The first kappa shape index (κ1) is 19.9. The Balaban J connectivity index is 3.22. The number of aryl methyl sites for hydroxylation is 1. The molecule has 0 spiro atoms. The predicted octanol–water partition coefficient (Wildman–Crippen LogP) is 1.88. The van der Waals surface area contributed by atoms with E-state index in [1.807, 2.05) is 0 Å². The van der Waals surface area contributed by atoms with Crippen molar-refractivity contribution in [2.75, 3.05) is 12.0 Å². The van der Waals surface area contributed by atoms with Crippen LogP contribution in [0.15, 0.2) is 23.1 Å². The molecule has 130 valence electrons. The van der Waals surface area contributed by atoms with Crippen molar-refractivity contribution in [1.29, 1.82) is 0 Å². The van der Waals surface area contributed by atoms with Gasteiger partial charge in [-0.25, -0.2) is 16.8 Å². The van der Waals surface area contributed by atoms with E-state index in [1.54, 1.807) is 0 Å². The molecule has 0 aromatic heterocycles. The first-order valence-corrected chi connectivity index (χ1v) is 10.4. The van der Waals surface area contributed by atoms with Gasteiger partial charge in [-0.05, 0) is 23.6 Å². The van der Waals surface area contributed by atoms with Crippen molar-refractivity contribution in [3.63, 3.8) is 0 Å². The standard InChI is InChI=1S/C12H12ClF3O5S2/c1-22(18,19)5-4-9-6-8(7-11(17)12(14,15)16)2-3-10(9)23(13,20)21/h2-3,6H,4-5,7H2,1H3. The molecule has 11 heteroatoms. The molecule has 1 rings (SSSR count). The predicted molar refractivity (Wildman–Crippen MR) is 77.7 cm³/mol. The van der Waals surface area contributed by atoms with Crippen LogP contribution in [-0.4, -0.2) is 40.8 Å². The monoisotopic (exact) mass is 392 g/mol. The molecule has 5 nitrogen and oxygen atoms in total. The van der Waals surface area contributed by atoms with E-state index >= 15 is 0 Å². The summed E-state index contributed by atoms with van der Waals surface area (Å²) in [5, 5.41) is 0. The fourth-order valence-corrected chi connectivity index (χ4v) is 3.50. The Bertz CT molecular complexity index is 814. The number of hydrogen-bond donors (Lipinski definition) is 0. The zero-order valence-electron chi connectivity index (χ0n) is 11.7. The van der Waals surface area contributed by atoms with Gasteiger partial charge in [-0.3, -0.25) is 4.79 Å². The van der Waals surface area contributed by atoms with E-state index in [-0.39, 0.29) is 17.5 Å². The third-order valence-electron chi connectivity index (χ3n) is 2.81. The van der Waals surface area contributed by atoms with Gasteiger partial charge in [0.2, 0.25) is 5.78 Å². The van der Waals surface area contributed by atoms with Crippen molar-refractivity contribution >= 4 is 35.4 Å². The zero-order valence-corrected chi connectivity index (χ0v) is 14.1. The third-order valence-corrected chi connectivity index (χ3v) is 5.18. The van der Waals surface area contributed by atoms with E-state index in [2.05, 4.69) is 0 Å². The minimum atomic E-state index is -5.01. The number of ketones is 1. The number of alkyl halides is 3. The minimum absolute atomic E-state index is 0.0575. The quantitative estimate of drug-likeness (QED) is 0.690. The lowest BCUT2D eigenvalue weighted by molar-refractivity contribution is -0.170. The topological polar surface area (TPSA) is 85.3 Å². The first-order valence-electron chi connectivity index (χ1n) is 6.04. The molecule has 0 fully saturated rings. The molecular formula is C12H12ClF3O5S2. The number of benzene rings is 1. The molecule has 0 aliphatic carbocycles. The number of sulfone groups is 1. The smallest absolute Gasteiger partial charge is 0.289 e. The Morgan fingerprint density at radius 1 is 1.17 bits per heavy atom. The average molecular weight is 393 g/mol. The molecular weight excluding hydrogens is 381 g/mol. The average Bonchev–Trinajstić information content (AvgIpc) is 2.33. The summed E-state index contributed by atoms with van der Waals surface area (Å²) in [6, 6.07) is 3.03. The highest BCUT2D eigenvalue weighted by molar-refractivity contribution is 8.13. The second-order valence-electron chi connectivity index (χ2n) is 4.86. The molecule has 23 heavy (non-hydrogen) atoms. The summed E-state index contributed by atoms with van der Waals surface area (Å²) in [4.78, 5) is 10.6. The highest BCUT2D eigenvalue weighted by Crippen LogP contribution is 2.24. The van der Waals surface area contributed by atoms with Gasteiger partial charge in [-0.15, -0.1) is 0 Å². The van der Waals surface area contributed by atoms with Crippen LogP contribution >= 0.6 is 10.7 Å². The Morgan fingerprint density at radius 3 is 2.17 bits per heavy atom. The Kier molecular flexibility index (Phi) is 5.87. The maximum absolute atomic E-state index is 12.3. The van der Waals surface area contributed by atoms with E-state index < -0.39 is 47.9 Å². The summed E-state index contributed by atoms with van der Waals surface area (Å²) in [7, 11) is -2.41. The van der Waals surface area contributed by atoms with Crippen molar-refractivity contribution in [2.24, 2.45) is 0 Å². The molecule has 0 heterocycles. The molecule has 0 radical (unpaired) electrons. The number of halogens is 4. The van der Waals surface area contributed by atoms with Gasteiger partial charge in [0.25, 0.3) is 9.05 Å². The summed E-state index contributed by atoms with van der Waals surface area (Å²) in [6.07, 6.45) is -5.31. The van der Waals surface area contributed by atoms with Gasteiger partial charge in [0.05, 0.1) is 10.6 Å². The highest BCUT2D eigenvalue weighted by Gasteiger charge is 2.37. The van der Waals surface area contributed by atoms with Gasteiger partial charge >= 0.3 is 6.18 Å². The van der Waals surface area contributed by atoms with Crippen molar-refractivity contribution < 1.29 is 34.8 Å². The number of carbonyl (C=O) groups excluding carboxylic acids is 1. The summed E-state index contributed by atoms with van der Waals surface area (Å²) in [6.45, 7) is 0. The normalized spacial score (nSPS) is 13.1. The number of rotatable bonds is 6. The molecule has 0 aliphatic heterocycles. The van der Waals surface area contributed by atoms with Crippen LogP contribution in [0.2, 0.25) is 0 Å². The van der Waals surface area contributed by atoms with Crippen molar-refractivity contribution in [1.82, 2.24) is 0 Å². The molecule has 0 amide bonds. The van der Waals surface area contributed by atoms with Crippen LogP contribution in [0.25, 0.3) is 0 Å². The second kappa shape index (κ2) is 6.78. The van der Waals surface area contributed by atoms with Crippen LogP contribution in [0.3, 0.4) is 0 Å². The highest BCUT2D eigenvalue weighted by atomic mass is 35.7. The van der Waals surface area contributed by atoms with E-state index in [1.165, 1.54) is 0 Å². The lowest BCUT2D eigenvalue weighted by atomic mass is 10.0. The van der Waals surface area contributed by atoms with Gasteiger partial charge < -0.3 is 0 Å². The Morgan fingerprint density at radius 2 is 1.74 bits per heavy atom. The molecule has 1 aromatic rings. The molecule has 0 saturated heterocycles. The summed E-state index contributed by atoms with van der Waals surface area (Å²) < 4.78 is 82.0. The van der Waals surface area contributed by atoms with Crippen molar-refractivity contribution in [2.45, 2.75) is 23.9 Å². The number of carbonyl (C=O) groups is 1. The Labute approximate surface area is 135 Å². The molecule has 1 aromatic carbocycles. The van der Waals surface area contributed by atoms with Gasteiger partial charge in [-0.2, -0.15) is 13.2 Å². The van der Waals surface area contributed by atoms with Crippen LogP contribution < -0.4 is 0 Å². The first-order chi connectivity index (χ1) is 10.2. The fourth-order valence-electron chi connectivity index (χ4n) is 1.76. The third kappa shape index (κ3) is 6.48. The molecule has 0 saturated carbocycles. The molecule has 0 bridgehead atoms. The Hall–Kier alpha value is -1.13. The summed E-state index contributed by atoms with van der Waals surface area (Å²) in [5.41, 5.74) is -0.141. The maximum Gasteiger partial charge on any atom is 0.450 e. The van der Waals surface area contributed by atoms with Gasteiger partial charge in [-0.1, -0.05) is 12.1 Å². The molecule has 0 atom stereocenters. The molecule has 0 aliphatic rings. The molecule has 0 N–H and O–H groups in total. The van der Waals surface area contributed by atoms with Crippen molar-refractivity contribution in [3.8, 4) is 0 Å². The SMILES string of the molecule is CS(=O)(=O)CCc1cc(CC(=O)C(F)(F)F)ccc1S(=O)(=O)Cl. The van der Waals surface area contributed by atoms with Crippen LogP contribution in [0.4, 0.5) is 13.2 Å².